The maximum atomic E-state index is 5.05. The fourth-order valence-electron chi connectivity index (χ4n) is 4.67. The van der Waals surface area contributed by atoms with Gasteiger partial charge < -0.3 is 0 Å². The van der Waals surface area contributed by atoms with Crippen LogP contribution < -0.4 is 4.90 Å². The van der Waals surface area contributed by atoms with E-state index in [1.807, 2.05) is 30.3 Å². The summed E-state index contributed by atoms with van der Waals surface area (Å²) in [6, 6.07) is 18.6. The lowest BCUT2D eigenvalue weighted by atomic mass is 9.72. The highest BCUT2D eigenvalue weighted by Crippen LogP contribution is 2.49. The van der Waals surface area contributed by atoms with E-state index in [2.05, 4.69) is 79.0 Å². The minimum absolute atomic E-state index is 0.136. The van der Waals surface area contributed by atoms with Gasteiger partial charge in [0.2, 0.25) is 5.95 Å². The summed E-state index contributed by atoms with van der Waals surface area (Å²) < 4.78 is 0. The SMILES string of the molecule is CC=C1C(=CC)C(C)(C)c2ccccc2N1c1nc(-c2ccccc2)c2nccnc2n1. The average Bonchev–Trinajstić information content (AvgIpc) is 2.83. The molecule has 0 spiro atoms. The van der Waals surface area contributed by atoms with Gasteiger partial charge in [0.15, 0.2) is 5.65 Å². The molecule has 0 N–H and O–H groups in total. The predicted molar refractivity (Wildman–Crippen MR) is 130 cm³/mol. The number of hydrogen-bond acceptors (Lipinski definition) is 5. The third kappa shape index (κ3) is 3.01. The number of benzene rings is 2. The van der Waals surface area contributed by atoms with E-state index in [1.165, 1.54) is 11.1 Å². The summed E-state index contributed by atoms with van der Waals surface area (Å²) in [6.45, 7) is 8.69. The zero-order valence-corrected chi connectivity index (χ0v) is 18.7. The molecule has 32 heavy (non-hydrogen) atoms. The second-order valence-electron chi connectivity index (χ2n) is 8.32. The molecule has 0 atom stereocenters. The van der Waals surface area contributed by atoms with Gasteiger partial charge in [-0.15, -0.1) is 0 Å². The molecular weight excluding hydrogens is 394 g/mol. The van der Waals surface area contributed by atoms with E-state index < -0.39 is 0 Å². The van der Waals surface area contributed by atoms with E-state index in [-0.39, 0.29) is 5.41 Å². The first-order valence-electron chi connectivity index (χ1n) is 10.8. The minimum Gasteiger partial charge on any atom is -0.279 e. The number of hydrogen-bond donors (Lipinski definition) is 0. The summed E-state index contributed by atoms with van der Waals surface area (Å²) in [5.74, 6) is 0.590. The molecule has 0 amide bonds. The monoisotopic (exact) mass is 419 g/mol. The number of aromatic nitrogens is 4. The zero-order chi connectivity index (χ0) is 22.3. The van der Waals surface area contributed by atoms with Crippen molar-refractivity contribution in [1.82, 2.24) is 19.9 Å². The van der Waals surface area contributed by atoms with E-state index in [4.69, 9.17) is 9.97 Å². The molecule has 5 rings (SSSR count). The average molecular weight is 420 g/mol. The lowest BCUT2D eigenvalue weighted by molar-refractivity contribution is 0.609. The standard InChI is InChI=1S/C27H25N5/c1-5-19-21(6-2)32(22-15-11-10-14-20(22)27(19,3)4)26-30-23(18-12-8-7-9-13-18)24-25(31-26)29-17-16-28-24/h5-17H,1-4H3. The van der Waals surface area contributed by atoms with Crippen LogP contribution in [-0.2, 0) is 5.41 Å². The molecule has 1 aliphatic heterocycles. The van der Waals surface area contributed by atoms with Crippen molar-refractivity contribution in [2.45, 2.75) is 33.1 Å². The van der Waals surface area contributed by atoms with E-state index in [0.717, 1.165) is 22.6 Å². The highest BCUT2D eigenvalue weighted by Gasteiger charge is 2.39. The first-order valence-corrected chi connectivity index (χ1v) is 10.8. The van der Waals surface area contributed by atoms with Crippen LogP contribution in [-0.4, -0.2) is 19.9 Å². The maximum Gasteiger partial charge on any atom is 0.237 e. The van der Waals surface area contributed by atoms with Gasteiger partial charge in [0.05, 0.1) is 5.69 Å². The van der Waals surface area contributed by atoms with Crippen LogP contribution in [0.4, 0.5) is 11.6 Å². The first-order chi connectivity index (χ1) is 15.6. The number of fused-ring (bicyclic) bond motifs is 2. The molecule has 0 aliphatic carbocycles. The molecule has 0 saturated heterocycles. The van der Waals surface area contributed by atoms with Gasteiger partial charge in [-0.1, -0.05) is 74.5 Å². The van der Waals surface area contributed by atoms with Gasteiger partial charge in [-0.05, 0) is 31.1 Å². The van der Waals surface area contributed by atoms with E-state index in [1.54, 1.807) is 12.4 Å². The van der Waals surface area contributed by atoms with Gasteiger partial charge in [-0.25, -0.2) is 15.0 Å². The smallest absolute Gasteiger partial charge is 0.237 e. The van der Waals surface area contributed by atoms with E-state index in [9.17, 15) is 0 Å². The molecule has 0 bridgehead atoms. The highest BCUT2D eigenvalue weighted by molar-refractivity contribution is 5.89. The Bertz CT molecular complexity index is 1370. The normalized spacial score (nSPS) is 17.7. The fraction of sp³-hybridized carbons (Fsp3) is 0.185. The summed E-state index contributed by atoms with van der Waals surface area (Å²) in [5.41, 5.74) is 7.54. The third-order valence-corrected chi connectivity index (χ3v) is 6.14. The fourth-order valence-corrected chi connectivity index (χ4v) is 4.67. The number of anilines is 2. The maximum absolute atomic E-state index is 5.05. The molecule has 0 fully saturated rings. The van der Waals surface area contributed by atoms with Crippen LogP contribution in [0.25, 0.3) is 22.4 Å². The molecule has 0 unspecified atom stereocenters. The summed E-state index contributed by atoms with van der Waals surface area (Å²) in [4.78, 5) is 21.1. The van der Waals surface area contributed by atoms with Crippen molar-refractivity contribution in [3.63, 3.8) is 0 Å². The van der Waals surface area contributed by atoms with Crippen molar-refractivity contribution >= 4 is 22.8 Å². The molecular formula is C27H25N5. The molecule has 0 saturated carbocycles. The summed E-state index contributed by atoms with van der Waals surface area (Å²) in [5, 5.41) is 0. The van der Waals surface area contributed by atoms with E-state index >= 15 is 0 Å². The predicted octanol–water partition coefficient (Wildman–Crippen LogP) is 6.37. The highest BCUT2D eigenvalue weighted by atomic mass is 15.3. The van der Waals surface area contributed by atoms with Gasteiger partial charge in [0.1, 0.15) is 11.2 Å². The van der Waals surface area contributed by atoms with Gasteiger partial charge in [-0.2, -0.15) is 4.98 Å². The second kappa shape index (κ2) is 7.68. The molecule has 158 valence electrons. The summed E-state index contributed by atoms with van der Waals surface area (Å²) in [7, 11) is 0. The van der Waals surface area contributed by atoms with Crippen molar-refractivity contribution in [1.29, 1.82) is 0 Å². The molecule has 2 aromatic carbocycles. The van der Waals surface area contributed by atoms with Crippen molar-refractivity contribution in [2.24, 2.45) is 0 Å². The van der Waals surface area contributed by atoms with Crippen LogP contribution in [0.5, 0.6) is 0 Å². The third-order valence-electron chi connectivity index (χ3n) is 6.14. The zero-order valence-electron chi connectivity index (χ0n) is 18.7. The number of allylic oxidation sites excluding steroid dienone is 3. The Kier molecular flexibility index (Phi) is 4.82. The van der Waals surface area contributed by atoms with Gasteiger partial charge in [-0.3, -0.25) is 4.90 Å². The van der Waals surface area contributed by atoms with Crippen molar-refractivity contribution in [3.8, 4) is 11.3 Å². The van der Waals surface area contributed by atoms with E-state index in [0.29, 0.717) is 17.1 Å². The Labute approximate surface area is 188 Å². The van der Waals surface area contributed by atoms with Crippen LogP contribution in [0.3, 0.4) is 0 Å². The quantitative estimate of drug-likeness (QED) is 0.378. The van der Waals surface area contributed by atoms with Crippen LogP contribution >= 0.6 is 0 Å². The van der Waals surface area contributed by atoms with Crippen LogP contribution in [0.1, 0.15) is 33.3 Å². The lowest BCUT2D eigenvalue weighted by Gasteiger charge is -2.43. The Balaban J connectivity index is 1.84. The molecule has 5 heteroatoms. The van der Waals surface area contributed by atoms with Gasteiger partial charge in [0, 0.05) is 29.1 Å². The molecule has 4 aromatic rings. The number of rotatable bonds is 2. The first kappa shape index (κ1) is 20.1. The summed E-state index contributed by atoms with van der Waals surface area (Å²) >= 11 is 0. The van der Waals surface area contributed by atoms with Gasteiger partial charge in [0.25, 0.3) is 0 Å². The molecule has 0 radical (unpaired) electrons. The molecule has 3 heterocycles. The van der Waals surface area contributed by atoms with Crippen LogP contribution in [0, 0.1) is 0 Å². The Morgan fingerprint density at radius 2 is 1.53 bits per heavy atom. The topological polar surface area (TPSA) is 54.8 Å². The number of para-hydroxylation sites is 1. The van der Waals surface area contributed by atoms with Crippen LogP contribution in [0.15, 0.2) is 90.4 Å². The van der Waals surface area contributed by atoms with Crippen molar-refractivity contribution in [2.75, 3.05) is 4.90 Å². The number of nitrogens with zero attached hydrogens (tertiary/aromatic N) is 5. The van der Waals surface area contributed by atoms with Crippen LogP contribution in [0.2, 0.25) is 0 Å². The summed E-state index contributed by atoms with van der Waals surface area (Å²) in [6.07, 6.45) is 7.69. The lowest BCUT2D eigenvalue weighted by Crippen LogP contribution is -2.36. The van der Waals surface area contributed by atoms with Gasteiger partial charge >= 0.3 is 0 Å². The molecule has 2 aromatic heterocycles. The Hall–Kier alpha value is -3.86. The Morgan fingerprint density at radius 1 is 0.812 bits per heavy atom. The van der Waals surface area contributed by atoms with Crippen molar-refractivity contribution < 1.29 is 0 Å². The second-order valence-corrected chi connectivity index (χ2v) is 8.32. The Morgan fingerprint density at radius 3 is 2.28 bits per heavy atom. The largest absolute Gasteiger partial charge is 0.279 e. The van der Waals surface area contributed by atoms with Crippen molar-refractivity contribution in [3.05, 3.63) is 96.0 Å². The molecule has 1 aliphatic rings. The molecule has 5 nitrogen and oxygen atoms in total. The minimum atomic E-state index is -0.136.